The lowest BCUT2D eigenvalue weighted by atomic mass is 10.1. The number of amides is 3. The first-order valence-electron chi connectivity index (χ1n) is 12.0. The van der Waals surface area contributed by atoms with Crippen molar-refractivity contribution in [1.82, 2.24) is 14.7 Å². The molecule has 0 spiro atoms. The Hall–Kier alpha value is -3.43. The van der Waals surface area contributed by atoms with E-state index in [2.05, 4.69) is 21.9 Å². The molecule has 188 valence electrons. The van der Waals surface area contributed by atoms with Crippen LogP contribution in [0.5, 0.6) is 5.75 Å². The van der Waals surface area contributed by atoms with Crippen molar-refractivity contribution >= 4 is 40.9 Å². The van der Waals surface area contributed by atoms with Crippen LogP contribution in [0, 0.1) is 0 Å². The van der Waals surface area contributed by atoms with Gasteiger partial charge in [-0.1, -0.05) is 29.8 Å². The molecule has 2 aromatic rings. The monoisotopic (exact) mass is 509 g/mol. The number of urea groups is 1. The van der Waals surface area contributed by atoms with E-state index in [0.717, 1.165) is 43.3 Å². The van der Waals surface area contributed by atoms with Gasteiger partial charge >= 0.3 is 11.9 Å². The second-order valence-corrected chi connectivity index (χ2v) is 9.62. The summed E-state index contributed by atoms with van der Waals surface area (Å²) in [6.45, 7) is 4.48. The van der Waals surface area contributed by atoms with Gasteiger partial charge in [0.1, 0.15) is 18.8 Å². The molecule has 3 heterocycles. The fourth-order valence-corrected chi connectivity index (χ4v) is 5.12. The smallest absolute Gasteiger partial charge is 0.333 e. The van der Waals surface area contributed by atoms with Crippen LogP contribution in [0.3, 0.4) is 0 Å². The average molecular weight is 510 g/mol. The number of likely N-dealkylation sites (N-methyl/N-ethyl adjacent to an activating group) is 2. The maximum absolute atomic E-state index is 13.2. The number of benzene rings is 2. The number of halogens is 1. The van der Waals surface area contributed by atoms with E-state index in [0.29, 0.717) is 23.9 Å². The lowest BCUT2D eigenvalue weighted by Gasteiger charge is -2.35. The molecule has 3 aliphatic heterocycles. The summed E-state index contributed by atoms with van der Waals surface area (Å²) in [5.41, 5.74) is 2.08. The number of carbonyl (C=O) groups is 2. The number of hydrogen-bond acceptors (Lipinski definition) is 6. The molecule has 36 heavy (non-hydrogen) atoms. The van der Waals surface area contributed by atoms with Crippen LogP contribution < -0.4 is 9.64 Å². The van der Waals surface area contributed by atoms with Crippen LogP contribution in [0.4, 0.5) is 10.5 Å². The Bertz CT molecular complexity index is 1240. The zero-order chi connectivity index (χ0) is 25.4. The van der Waals surface area contributed by atoms with Crippen LogP contribution in [0.15, 0.2) is 53.5 Å². The Morgan fingerprint density at radius 2 is 1.69 bits per heavy atom. The first-order chi connectivity index (χ1) is 17.4. The van der Waals surface area contributed by atoms with E-state index in [9.17, 15) is 9.59 Å². The second kappa shape index (κ2) is 9.91. The quantitative estimate of drug-likeness (QED) is 0.559. The topological polar surface area (TPSA) is 71.7 Å². The average Bonchev–Trinajstić information content (AvgIpc) is 3.25. The summed E-state index contributed by atoms with van der Waals surface area (Å²) < 4.78 is 7.26. The van der Waals surface area contributed by atoms with Crippen LogP contribution >= 0.6 is 11.6 Å². The van der Waals surface area contributed by atoms with Gasteiger partial charge in [-0.15, -0.1) is 0 Å². The van der Waals surface area contributed by atoms with Gasteiger partial charge in [0.15, 0.2) is 0 Å². The number of anilines is 1. The normalized spacial score (nSPS) is 20.7. The fourth-order valence-electron chi connectivity index (χ4n) is 4.92. The molecule has 9 nitrogen and oxygen atoms in total. The number of carbonyl (C=O) groups excluding carboxylic acids is 2. The number of rotatable bonds is 6. The molecule has 0 bridgehead atoms. The standard InChI is InChI=1S/C26H30ClN6O3/c1-29-24-23(25(34)30(2)26(29)35)33(16-18-6-4-5-7-21(18)27)22(28-24)17-31-12-14-32(15-13-31)19-8-10-20(36-3)11-9-19/h4-11,23H,12-17H2,1-3H3/q+1. The summed E-state index contributed by atoms with van der Waals surface area (Å²) in [7, 11) is 4.85. The van der Waals surface area contributed by atoms with Crippen molar-refractivity contribution in [3.05, 3.63) is 59.1 Å². The van der Waals surface area contributed by atoms with Crippen molar-refractivity contribution in [2.24, 2.45) is 4.99 Å². The molecule has 2 fully saturated rings. The number of methoxy groups -OCH3 is 1. The highest BCUT2D eigenvalue weighted by atomic mass is 35.5. The number of amidine groups is 2. The van der Waals surface area contributed by atoms with Crippen molar-refractivity contribution < 1.29 is 18.9 Å². The van der Waals surface area contributed by atoms with E-state index in [-0.39, 0.29) is 11.9 Å². The number of fused-ring (bicyclic) bond motifs is 1. The molecule has 2 saturated heterocycles. The van der Waals surface area contributed by atoms with Crippen LogP contribution in [0.2, 0.25) is 5.02 Å². The van der Waals surface area contributed by atoms with Gasteiger partial charge in [0.25, 0.3) is 17.8 Å². The summed E-state index contributed by atoms with van der Waals surface area (Å²) in [5.74, 6) is 1.82. The predicted molar refractivity (Wildman–Crippen MR) is 139 cm³/mol. The second-order valence-electron chi connectivity index (χ2n) is 9.21. The van der Waals surface area contributed by atoms with Crippen LogP contribution in [-0.2, 0) is 11.3 Å². The molecule has 0 radical (unpaired) electrons. The Morgan fingerprint density at radius 3 is 2.36 bits per heavy atom. The Kier molecular flexibility index (Phi) is 6.68. The molecule has 1 unspecified atom stereocenters. The number of imide groups is 1. The van der Waals surface area contributed by atoms with Gasteiger partial charge in [-0.2, -0.15) is 0 Å². The number of aliphatic imine (C=N–C) groups is 1. The van der Waals surface area contributed by atoms with Gasteiger partial charge in [0.05, 0.1) is 7.11 Å². The summed E-state index contributed by atoms with van der Waals surface area (Å²) in [5, 5.41) is 0.638. The third-order valence-electron chi connectivity index (χ3n) is 7.09. The number of nitrogens with zero attached hydrogens (tertiary/aromatic N) is 6. The van der Waals surface area contributed by atoms with E-state index >= 15 is 0 Å². The van der Waals surface area contributed by atoms with Crippen molar-refractivity contribution in [2.75, 3.05) is 58.8 Å². The van der Waals surface area contributed by atoms with Gasteiger partial charge in [0.2, 0.25) is 0 Å². The third-order valence-corrected chi connectivity index (χ3v) is 7.46. The molecule has 1 atom stereocenters. The fraction of sp³-hybridized carbons (Fsp3) is 0.385. The molecule has 0 aromatic heterocycles. The Morgan fingerprint density at radius 1 is 1.00 bits per heavy atom. The zero-order valence-corrected chi connectivity index (χ0v) is 21.5. The van der Waals surface area contributed by atoms with E-state index in [1.165, 1.54) is 22.5 Å². The molecular weight excluding hydrogens is 480 g/mol. The first kappa shape index (κ1) is 24.3. The minimum absolute atomic E-state index is 0.275. The van der Waals surface area contributed by atoms with Crippen LogP contribution in [0.1, 0.15) is 5.56 Å². The SMILES string of the molecule is COc1ccc(N2CCN(CC3=[N+](Cc4ccccc4Cl)C4C(=O)N(C)C(=O)N(C)C4=N3)CC2)cc1. The van der Waals surface area contributed by atoms with Gasteiger partial charge in [-0.05, 0) is 35.3 Å². The lowest BCUT2D eigenvalue weighted by Crippen LogP contribution is -2.61. The molecular formula is C26H30ClN6O3+. The molecule has 10 heteroatoms. The maximum atomic E-state index is 13.2. The molecule has 5 rings (SSSR count). The van der Waals surface area contributed by atoms with E-state index in [4.69, 9.17) is 21.3 Å². The number of ether oxygens (including phenoxy) is 1. The Labute approximate surface area is 215 Å². The van der Waals surface area contributed by atoms with Crippen LogP contribution in [0.25, 0.3) is 0 Å². The highest BCUT2D eigenvalue weighted by molar-refractivity contribution is 6.31. The van der Waals surface area contributed by atoms with Crippen molar-refractivity contribution in [2.45, 2.75) is 12.6 Å². The van der Waals surface area contributed by atoms with Gasteiger partial charge in [-0.3, -0.25) is 19.5 Å². The molecule has 3 aliphatic rings. The Balaban J connectivity index is 1.37. The lowest BCUT2D eigenvalue weighted by molar-refractivity contribution is -0.552. The largest absolute Gasteiger partial charge is 0.497 e. The summed E-state index contributed by atoms with van der Waals surface area (Å²) in [6.07, 6.45) is 0. The highest BCUT2D eigenvalue weighted by Gasteiger charge is 2.53. The predicted octanol–water partition coefficient (Wildman–Crippen LogP) is 2.39. The maximum Gasteiger partial charge on any atom is 0.333 e. The first-order valence-corrected chi connectivity index (χ1v) is 12.4. The molecule has 0 saturated carbocycles. The van der Waals surface area contributed by atoms with Gasteiger partial charge in [0, 0.05) is 56.5 Å². The summed E-state index contributed by atoms with van der Waals surface area (Å²) in [4.78, 5) is 38.0. The van der Waals surface area contributed by atoms with Crippen molar-refractivity contribution in [3.63, 3.8) is 0 Å². The van der Waals surface area contributed by atoms with Gasteiger partial charge in [-0.25, -0.2) is 9.37 Å². The van der Waals surface area contributed by atoms with Crippen LogP contribution in [-0.4, -0.2) is 103 Å². The zero-order valence-electron chi connectivity index (χ0n) is 20.7. The number of piperazine rings is 1. The van der Waals surface area contributed by atoms with E-state index in [1.54, 1.807) is 14.2 Å². The summed E-state index contributed by atoms with van der Waals surface area (Å²) >= 11 is 6.47. The van der Waals surface area contributed by atoms with Crippen molar-refractivity contribution in [1.29, 1.82) is 0 Å². The van der Waals surface area contributed by atoms with E-state index < -0.39 is 6.04 Å². The third kappa shape index (κ3) is 4.44. The molecule has 0 N–H and O–H groups in total. The van der Waals surface area contributed by atoms with Gasteiger partial charge < -0.3 is 9.64 Å². The number of hydrogen-bond donors (Lipinski definition) is 0. The molecule has 3 amide bonds. The summed E-state index contributed by atoms with van der Waals surface area (Å²) in [6, 6.07) is 14.7. The minimum Gasteiger partial charge on any atom is -0.497 e. The van der Waals surface area contributed by atoms with E-state index in [1.807, 2.05) is 41.0 Å². The highest BCUT2D eigenvalue weighted by Crippen LogP contribution is 2.24. The minimum atomic E-state index is -0.649. The molecule has 0 aliphatic carbocycles. The van der Waals surface area contributed by atoms with Crippen molar-refractivity contribution in [3.8, 4) is 5.75 Å². The molecule has 2 aromatic carbocycles.